The van der Waals surface area contributed by atoms with Gasteiger partial charge in [0.05, 0.1) is 0 Å². The topological polar surface area (TPSA) is 26.3 Å². The summed E-state index contributed by atoms with van der Waals surface area (Å²) in [5, 5.41) is 0. The summed E-state index contributed by atoms with van der Waals surface area (Å²) in [6.45, 7) is 9.05. The summed E-state index contributed by atoms with van der Waals surface area (Å²) in [5.74, 6) is -0.294. The van der Waals surface area contributed by atoms with Crippen LogP contribution in [0.25, 0.3) is 0 Å². The van der Waals surface area contributed by atoms with E-state index >= 15 is 0 Å². The number of ether oxygens (including phenoxy) is 1. The molecule has 0 saturated carbocycles. The van der Waals surface area contributed by atoms with E-state index in [1.807, 2.05) is 0 Å². The predicted molar refractivity (Wildman–Crippen MR) is 49.7 cm³/mol. The number of hydrogen-bond donors (Lipinski definition) is 0. The molecule has 0 aliphatic rings. The van der Waals surface area contributed by atoms with Crippen LogP contribution < -0.4 is 0 Å². The van der Waals surface area contributed by atoms with Gasteiger partial charge in [-0.15, -0.1) is 6.58 Å². The fourth-order valence-electron chi connectivity index (χ4n) is 0.702. The van der Waals surface area contributed by atoms with Crippen molar-refractivity contribution in [3.63, 3.8) is 0 Å². The molecular weight excluding hydrogens is 152 g/mol. The molecule has 0 aromatic rings. The molecule has 66 valence electrons. The third-order valence-electron chi connectivity index (χ3n) is 1.31. The average Bonchev–Trinajstić information content (AvgIpc) is 2.10. The third kappa shape index (κ3) is 3.76. The van der Waals surface area contributed by atoms with E-state index in [9.17, 15) is 4.79 Å². The van der Waals surface area contributed by atoms with Crippen LogP contribution >= 0.6 is 0 Å². The highest BCUT2D eigenvalue weighted by molar-refractivity contribution is 5.88. The Morgan fingerprint density at radius 2 is 2.08 bits per heavy atom. The number of hydrogen-bond acceptors (Lipinski definition) is 2. The lowest BCUT2D eigenvalue weighted by Gasteiger charge is -2.02. The summed E-state index contributed by atoms with van der Waals surface area (Å²) in [7, 11) is 0. The molecule has 0 aromatic carbocycles. The summed E-state index contributed by atoms with van der Waals surface area (Å²) in [6.07, 6.45) is 5.49. The molecule has 0 unspecified atom stereocenters. The summed E-state index contributed by atoms with van der Waals surface area (Å²) in [6, 6.07) is 0. The van der Waals surface area contributed by atoms with Crippen molar-refractivity contribution >= 4 is 5.97 Å². The molecule has 12 heavy (non-hydrogen) atoms. The van der Waals surface area contributed by atoms with Gasteiger partial charge >= 0.3 is 5.97 Å². The molecule has 0 aliphatic carbocycles. The highest BCUT2D eigenvalue weighted by Gasteiger charge is 2.06. The van der Waals surface area contributed by atoms with Gasteiger partial charge in [-0.2, -0.15) is 0 Å². The zero-order valence-corrected chi connectivity index (χ0v) is 7.38. The molecule has 2 heteroatoms. The molecule has 0 spiro atoms. The Kier molecular flexibility index (Phi) is 5.70. The van der Waals surface area contributed by atoms with E-state index in [4.69, 9.17) is 4.74 Å². The van der Waals surface area contributed by atoms with Gasteiger partial charge in [-0.05, 0) is 13.3 Å². The maximum atomic E-state index is 11.1. The minimum Gasteiger partial charge on any atom is -0.458 e. The summed E-state index contributed by atoms with van der Waals surface area (Å²) in [4.78, 5) is 11.1. The van der Waals surface area contributed by atoms with Gasteiger partial charge in [0.1, 0.15) is 6.61 Å². The van der Waals surface area contributed by atoms with Crippen LogP contribution in [0.4, 0.5) is 0 Å². The smallest absolute Gasteiger partial charge is 0.334 e. The van der Waals surface area contributed by atoms with E-state index in [1.165, 1.54) is 0 Å². The molecule has 0 saturated heterocycles. The van der Waals surface area contributed by atoms with Gasteiger partial charge in [0.2, 0.25) is 0 Å². The molecule has 0 radical (unpaired) electrons. The van der Waals surface area contributed by atoms with Crippen molar-refractivity contribution < 1.29 is 9.53 Å². The zero-order chi connectivity index (χ0) is 9.40. The maximum Gasteiger partial charge on any atom is 0.334 e. The van der Waals surface area contributed by atoms with Gasteiger partial charge in [-0.3, -0.25) is 0 Å². The van der Waals surface area contributed by atoms with Crippen molar-refractivity contribution in [3.8, 4) is 0 Å². The number of esters is 1. The number of carbonyl (C=O) groups is 1. The van der Waals surface area contributed by atoms with Crippen LogP contribution in [-0.4, -0.2) is 12.6 Å². The first kappa shape index (κ1) is 10.7. The van der Waals surface area contributed by atoms with E-state index in [1.54, 1.807) is 25.2 Å². The lowest BCUT2D eigenvalue weighted by Crippen LogP contribution is -2.07. The molecule has 0 atom stereocenters. The van der Waals surface area contributed by atoms with Crippen LogP contribution in [0.2, 0.25) is 0 Å². The van der Waals surface area contributed by atoms with Crippen molar-refractivity contribution in [2.24, 2.45) is 0 Å². The Morgan fingerprint density at radius 3 is 2.50 bits per heavy atom. The van der Waals surface area contributed by atoms with Crippen LogP contribution in [-0.2, 0) is 9.53 Å². The van der Waals surface area contributed by atoms with Gasteiger partial charge < -0.3 is 4.74 Å². The third-order valence-corrected chi connectivity index (χ3v) is 1.31. The predicted octanol–water partition coefficient (Wildman–Crippen LogP) is 2.24. The zero-order valence-electron chi connectivity index (χ0n) is 7.38. The molecule has 0 amide bonds. The molecule has 2 nitrogen and oxygen atoms in total. The van der Waals surface area contributed by atoms with Crippen LogP contribution in [0, 0.1) is 0 Å². The Balaban J connectivity index is 4.03. The summed E-state index contributed by atoms with van der Waals surface area (Å²) in [5.41, 5.74) is 0.631. The van der Waals surface area contributed by atoms with Gasteiger partial charge in [0.25, 0.3) is 0 Å². The molecule has 0 heterocycles. The van der Waals surface area contributed by atoms with Crippen molar-refractivity contribution in [1.82, 2.24) is 0 Å². The van der Waals surface area contributed by atoms with Crippen LogP contribution in [0.3, 0.4) is 0 Å². The molecule has 0 N–H and O–H groups in total. The van der Waals surface area contributed by atoms with E-state index in [0.29, 0.717) is 12.0 Å². The number of allylic oxidation sites excluding steroid dienone is 2. The fourth-order valence-corrected chi connectivity index (χ4v) is 0.702. The van der Waals surface area contributed by atoms with Gasteiger partial charge in [0.15, 0.2) is 0 Å². The second-order valence-electron chi connectivity index (χ2n) is 2.19. The van der Waals surface area contributed by atoms with Gasteiger partial charge in [-0.25, -0.2) is 4.79 Å². The van der Waals surface area contributed by atoms with E-state index in [2.05, 4.69) is 13.2 Å². The lowest BCUT2D eigenvalue weighted by molar-refractivity contribution is -0.137. The summed E-state index contributed by atoms with van der Waals surface area (Å²) < 4.78 is 4.82. The Labute approximate surface area is 73.2 Å². The number of carbonyl (C=O) groups excluding carboxylic acids is 1. The normalized spacial score (nSPS) is 10.6. The standard InChI is InChI=1S/C10H14O2/c1-4-7-9(6-3)10(11)12-8-5-2/h4-6H,1-2,7-8H2,3H3. The quantitative estimate of drug-likeness (QED) is 0.355. The summed E-state index contributed by atoms with van der Waals surface area (Å²) >= 11 is 0. The fraction of sp³-hybridized carbons (Fsp3) is 0.300. The van der Waals surface area contributed by atoms with Gasteiger partial charge in [-0.1, -0.05) is 24.8 Å². The van der Waals surface area contributed by atoms with Crippen LogP contribution in [0.15, 0.2) is 37.0 Å². The van der Waals surface area contributed by atoms with E-state index in [0.717, 1.165) is 0 Å². The first-order valence-corrected chi connectivity index (χ1v) is 3.80. The number of rotatable bonds is 5. The second kappa shape index (κ2) is 6.40. The SMILES string of the molecule is C=CCOC(=O)C(=CC)CC=C. The monoisotopic (exact) mass is 166 g/mol. The minimum atomic E-state index is -0.294. The first-order chi connectivity index (χ1) is 5.76. The maximum absolute atomic E-state index is 11.1. The van der Waals surface area contributed by atoms with Crippen molar-refractivity contribution in [2.45, 2.75) is 13.3 Å². The molecular formula is C10H14O2. The van der Waals surface area contributed by atoms with Gasteiger partial charge in [0, 0.05) is 5.57 Å². The van der Waals surface area contributed by atoms with Crippen molar-refractivity contribution in [3.05, 3.63) is 37.0 Å². The average molecular weight is 166 g/mol. The largest absolute Gasteiger partial charge is 0.458 e. The Hall–Kier alpha value is -1.31. The van der Waals surface area contributed by atoms with Crippen molar-refractivity contribution in [1.29, 1.82) is 0 Å². The molecule has 0 fully saturated rings. The van der Waals surface area contributed by atoms with Crippen LogP contribution in [0.1, 0.15) is 13.3 Å². The first-order valence-electron chi connectivity index (χ1n) is 3.80. The molecule has 0 aromatic heterocycles. The molecule has 0 aliphatic heterocycles. The van der Waals surface area contributed by atoms with Crippen molar-refractivity contribution in [2.75, 3.05) is 6.61 Å². The van der Waals surface area contributed by atoms with E-state index < -0.39 is 0 Å². The van der Waals surface area contributed by atoms with E-state index in [-0.39, 0.29) is 12.6 Å². The Bertz CT molecular complexity index is 202. The highest BCUT2D eigenvalue weighted by Crippen LogP contribution is 2.04. The van der Waals surface area contributed by atoms with Crippen LogP contribution in [0.5, 0.6) is 0 Å². The molecule has 0 bridgehead atoms. The Morgan fingerprint density at radius 1 is 1.42 bits per heavy atom. The minimum absolute atomic E-state index is 0.257. The lowest BCUT2D eigenvalue weighted by atomic mass is 10.2. The molecule has 0 rings (SSSR count). The highest BCUT2D eigenvalue weighted by atomic mass is 16.5. The second-order valence-corrected chi connectivity index (χ2v) is 2.19.